The first-order chi connectivity index (χ1) is 9.03. The summed E-state index contributed by atoms with van der Waals surface area (Å²) in [7, 11) is 0. The van der Waals surface area contributed by atoms with E-state index in [1.54, 1.807) is 0 Å². The van der Waals surface area contributed by atoms with Gasteiger partial charge in [0.05, 0.1) is 32.0 Å². The van der Waals surface area contributed by atoms with Crippen molar-refractivity contribution in [3.05, 3.63) is 12.2 Å². The second-order valence-electron chi connectivity index (χ2n) is 6.35. The fraction of sp³-hybridized carbons (Fsp3) is 0.857. The lowest BCUT2D eigenvalue weighted by molar-refractivity contribution is -0.197. The Labute approximate surface area is 113 Å². The normalized spacial score (nSPS) is 42.9. The van der Waals surface area contributed by atoms with Crippen molar-refractivity contribution >= 4 is 0 Å². The summed E-state index contributed by atoms with van der Waals surface area (Å²) in [6.45, 7) is 6.31. The fourth-order valence-electron chi connectivity index (χ4n) is 2.42. The molecule has 0 aromatic carbocycles. The summed E-state index contributed by atoms with van der Waals surface area (Å²) in [4.78, 5) is 0. The molecular formula is C14H22O5. The van der Waals surface area contributed by atoms with Gasteiger partial charge in [-0.15, -0.1) is 0 Å². The van der Waals surface area contributed by atoms with Crippen molar-refractivity contribution in [1.82, 2.24) is 0 Å². The van der Waals surface area contributed by atoms with Crippen molar-refractivity contribution in [1.29, 1.82) is 0 Å². The molecule has 108 valence electrons. The van der Waals surface area contributed by atoms with Crippen LogP contribution in [-0.2, 0) is 18.9 Å². The Morgan fingerprint density at radius 2 is 1.74 bits per heavy atom. The van der Waals surface area contributed by atoms with Gasteiger partial charge < -0.3 is 24.1 Å². The van der Waals surface area contributed by atoms with E-state index in [9.17, 15) is 5.11 Å². The molecule has 3 heterocycles. The summed E-state index contributed by atoms with van der Waals surface area (Å²) >= 11 is 0. The Balaban J connectivity index is 1.49. The molecule has 0 unspecified atom stereocenters. The maximum Gasteiger partial charge on any atom is 0.176 e. The summed E-state index contributed by atoms with van der Waals surface area (Å²) in [5, 5.41) is 9.94. The van der Waals surface area contributed by atoms with Gasteiger partial charge in [0, 0.05) is 11.8 Å². The van der Waals surface area contributed by atoms with Gasteiger partial charge in [0.2, 0.25) is 0 Å². The van der Waals surface area contributed by atoms with Crippen LogP contribution in [0.15, 0.2) is 12.2 Å². The van der Waals surface area contributed by atoms with Crippen molar-refractivity contribution in [2.75, 3.05) is 19.8 Å². The molecule has 4 atom stereocenters. The van der Waals surface area contributed by atoms with Gasteiger partial charge in [0.25, 0.3) is 0 Å². The third-order valence-electron chi connectivity index (χ3n) is 3.69. The van der Waals surface area contributed by atoms with Crippen molar-refractivity contribution in [2.24, 2.45) is 5.41 Å². The predicted octanol–water partition coefficient (Wildman–Crippen LogP) is 0.859. The molecule has 3 aliphatic heterocycles. The van der Waals surface area contributed by atoms with Crippen LogP contribution >= 0.6 is 0 Å². The first kappa shape index (κ1) is 13.5. The van der Waals surface area contributed by atoms with E-state index in [0.29, 0.717) is 19.6 Å². The standard InChI is InChI=1S/C14H22O5/c1-14(2)7-17-13(18-8-14)4-3-10-9(15)5-11(19-10)12-6-16-12/h3-4,9-13,15H,5-8H2,1-2H3/b4-3+/t9-,10-,11-,12-/m0/s1. The summed E-state index contributed by atoms with van der Waals surface area (Å²) in [6.07, 6.45) is 3.43. The highest BCUT2D eigenvalue weighted by Crippen LogP contribution is 2.30. The van der Waals surface area contributed by atoms with Crippen molar-refractivity contribution in [3.63, 3.8) is 0 Å². The fourth-order valence-corrected chi connectivity index (χ4v) is 2.42. The van der Waals surface area contributed by atoms with Crippen molar-refractivity contribution in [3.8, 4) is 0 Å². The highest BCUT2D eigenvalue weighted by molar-refractivity contribution is 5.02. The maximum atomic E-state index is 9.94. The van der Waals surface area contributed by atoms with Crippen LogP contribution in [0, 0.1) is 5.41 Å². The van der Waals surface area contributed by atoms with Crippen LogP contribution in [0.3, 0.4) is 0 Å². The zero-order valence-electron chi connectivity index (χ0n) is 11.5. The number of aliphatic hydroxyl groups excluding tert-OH is 1. The minimum Gasteiger partial charge on any atom is -0.390 e. The minimum absolute atomic E-state index is 0.0248. The second-order valence-corrected chi connectivity index (χ2v) is 6.35. The molecule has 0 aliphatic carbocycles. The minimum atomic E-state index is -0.467. The van der Waals surface area contributed by atoms with Crippen LogP contribution < -0.4 is 0 Å². The number of epoxide rings is 1. The zero-order valence-corrected chi connectivity index (χ0v) is 11.5. The molecule has 0 radical (unpaired) electrons. The number of aliphatic hydroxyl groups is 1. The Bertz CT molecular complexity index is 340. The Morgan fingerprint density at radius 1 is 1.05 bits per heavy atom. The molecule has 0 amide bonds. The highest BCUT2D eigenvalue weighted by atomic mass is 16.7. The quantitative estimate of drug-likeness (QED) is 0.609. The van der Waals surface area contributed by atoms with E-state index >= 15 is 0 Å². The van der Waals surface area contributed by atoms with E-state index in [0.717, 1.165) is 6.61 Å². The van der Waals surface area contributed by atoms with Crippen LogP contribution in [0.5, 0.6) is 0 Å². The highest BCUT2D eigenvalue weighted by Gasteiger charge is 2.42. The van der Waals surface area contributed by atoms with Crippen LogP contribution in [0.4, 0.5) is 0 Å². The molecule has 0 spiro atoms. The van der Waals surface area contributed by atoms with Gasteiger partial charge in [-0.3, -0.25) is 0 Å². The van der Waals surface area contributed by atoms with Gasteiger partial charge >= 0.3 is 0 Å². The molecule has 5 heteroatoms. The van der Waals surface area contributed by atoms with E-state index in [-0.39, 0.29) is 30.0 Å². The van der Waals surface area contributed by atoms with E-state index in [4.69, 9.17) is 18.9 Å². The van der Waals surface area contributed by atoms with Gasteiger partial charge in [-0.05, 0) is 6.08 Å². The molecule has 0 bridgehead atoms. The molecule has 3 fully saturated rings. The lowest BCUT2D eigenvalue weighted by Gasteiger charge is -2.33. The van der Waals surface area contributed by atoms with Crippen LogP contribution in [-0.4, -0.2) is 55.6 Å². The Kier molecular flexibility index (Phi) is 3.66. The van der Waals surface area contributed by atoms with Crippen LogP contribution in [0.25, 0.3) is 0 Å². The molecule has 0 aromatic heterocycles. The second kappa shape index (κ2) is 5.14. The summed E-state index contributed by atoms with van der Waals surface area (Å²) in [6, 6.07) is 0. The molecule has 1 N–H and O–H groups in total. The van der Waals surface area contributed by atoms with Gasteiger partial charge in [0.15, 0.2) is 6.29 Å². The zero-order chi connectivity index (χ0) is 13.5. The van der Waals surface area contributed by atoms with Gasteiger partial charge in [-0.1, -0.05) is 19.9 Å². The third-order valence-corrected chi connectivity index (χ3v) is 3.69. The Morgan fingerprint density at radius 3 is 2.37 bits per heavy atom. The lowest BCUT2D eigenvalue weighted by atomic mass is 9.96. The van der Waals surface area contributed by atoms with E-state index in [1.807, 2.05) is 12.2 Å². The van der Waals surface area contributed by atoms with Gasteiger partial charge in [-0.2, -0.15) is 0 Å². The summed E-state index contributed by atoms with van der Waals surface area (Å²) in [5.41, 5.74) is 0.0715. The average Bonchev–Trinajstić information content (AvgIpc) is 3.13. The van der Waals surface area contributed by atoms with Crippen LogP contribution in [0.1, 0.15) is 20.3 Å². The van der Waals surface area contributed by atoms with Crippen LogP contribution in [0.2, 0.25) is 0 Å². The number of rotatable bonds is 3. The SMILES string of the molecule is CC1(C)COC(/C=C/[C@@H]2O[C@H]([C@@H]3CO3)C[C@@H]2O)OC1. The van der Waals surface area contributed by atoms with Crippen molar-refractivity contribution in [2.45, 2.75) is 51.0 Å². The smallest absolute Gasteiger partial charge is 0.176 e. The summed E-state index contributed by atoms with van der Waals surface area (Å²) in [5.74, 6) is 0. The first-order valence-corrected chi connectivity index (χ1v) is 6.90. The molecule has 19 heavy (non-hydrogen) atoms. The average molecular weight is 270 g/mol. The molecule has 0 saturated carbocycles. The van der Waals surface area contributed by atoms with Gasteiger partial charge in [-0.25, -0.2) is 0 Å². The number of ether oxygens (including phenoxy) is 4. The monoisotopic (exact) mass is 270 g/mol. The molecule has 3 aliphatic rings. The third kappa shape index (κ3) is 3.35. The van der Waals surface area contributed by atoms with E-state index in [1.165, 1.54) is 0 Å². The predicted molar refractivity (Wildman–Crippen MR) is 67.6 cm³/mol. The molecule has 3 saturated heterocycles. The van der Waals surface area contributed by atoms with Gasteiger partial charge in [0.1, 0.15) is 12.2 Å². The topological polar surface area (TPSA) is 60.5 Å². The molecule has 0 aromatic rings. The summed E-state index contributed by atoms with van der Waals surface area (Å²) < 4.78 is 22.2. The largest absolute Gasteiger partial charge is 0.390 e. The molecular weight excluding hydrogens is 248 g/mol. The lowest BCUT2D eigenvalue weighted by Crippen LogP contribution is -2.37. The van der Waals surface area contributed by atoms with Crippen molar-refractivity contribution < 1.29 is 24.1 Å². The maximum absolute atomic E-state index is 9.94. The number of hydrogen-bond acceptors (Lipinski definition) is 5. The Hall–Kier alpha value is -0.460. The number of hydrogen-bond donors (Lipinski definition) is 1. The van der Waals surface area contributed by atoms with E-state index in [2.05, 4.69) is 13.8 Å². The van der Waals surface area contributed by atoms with E-state index < -0.39 is 6.10 Å². The molecule has 5 nitrogen and oxygen atoms in total. The first-order valence-electron chi connectivity index (χ1n) is 6.90. The molecule has 3 rings (SSSR count).